The van der Waals surface area contributed by atoms with Crippen molar-refractivity contribution in [3.8, 4) is 17.2 Å². The van der Waals surface area contributed by atoms with E-state index in [1.807, 2.05) is 54.6 Å². The summed E-state index contributed by atoms with van der Waals surface area (Å²) in [5, 5.41) is 0.638. The molecule has 0 fully saturated rings. The zero-order valence-corrected chi connectivity index (χ0v) is 23.8. The van der Waals surface area contributed by atoms with Gasteiger partial charge in [-0.25, -0.2) is 9.79 Å². The highest BCUT2D eigenvalue weighted by atomic mass is 35.5. The second kappa shape index (κ2) is 11.3. The minimum atomic E-state index is -0.743. The van der Waals surface area contributed by atoms with E-state index in [2.05, 4.69) is 4.99 Å². The van der Waals surface area contributed by atoms with Crippen molar-refractivity contribution >= 4 is 35.0 Å². The first kappa shape index (κ1) is 26.9. The molecule has 4 aromatic rings. The molecule has 6 rings (SSSR count). The van der Waals surface area contributed by atoms with E-state index in [1.165, 1.54) is 11.3 Å². The van der Waals surface area contributed by atoms with Crippen molar-refractivity contribution in [1.82, 2.24) is 4.57 Å². The molecule has 0 spiro atoms. The van der Waals surface area contributed by atoms with Gasteiger partial charge >= 0.3 is 5.97 Å². The van der Waals surface area contributed by atoms with Crippen LogP contribution in [0.2, 0.25) is 5.02 Å². The van der Waals surface area contributed by atoms with Crippen LogP contribution in [0.15, 0.2) is 87.8 Å². The van der Waals surface area contributed by atoms with Crippen LogP contribution in [0.1, 0.15) is 36.6 Å². The first-order chi connectivity index (χ1) is 19.9. The van der Waals surface area contributed by atoms with Crippen LogP contribution in [0.25, 0.3) is 6.08 Å². The molecule has 2 aliphatic heterocycles. The van der Waals surface area contributed by atoms with Crippen molar-refractivity contribution < 1.29 is 23.7 Å². The predicted octanol–water partition coefficient (Wildman–Crippen LogP) is 4.76. The van der Waals surface area contributed by atoms with E-state index in [0.717, 1.165) is 11.1 Å². The van der Waals surface area contributed by atoms with Gasteiger partial charge in [-0.15, -0.1) is 0 Å². The van der Waals surface area contributed by atoms with Gasteiger partial charge in [0.1, 0.15) is 12.4 Å². The fourth-order valence-corrected chi connectivity index (χ4v) is 6.05. The minimum Gasteiger partial charge on any atom is -0.489 e. The maximum absolute atomic E-state index is 13.9. The number of hydrogen-bond donors (Lipinski definition) is 0. The molecule has 208 valence electrons. The molecular formula is C31H25ClN2O6S. The number of carbonyl (C=O) groups is 1. The number of ether oxygens (including phenoxy) is 4. The molecular weight excluding hydrogens is 564 g/mol. The summed E-state index contributed by atoms with van der Waals surface area (Å²) < 4.78 is 24.4. The molecule has 0 aliphatic carbocycles. The molecule has 0 N–H and O–H groups in total. The molecule has 0 bridgehead atoms. The fourth-order valence-electron chi connectivity index (χ4n) is 4.81. The van der Waals surface area contributed by atoms with E-state index in [1.54, 1.807) is 36.6 Å². The summed E-state index contributed by atoms with van der Waals surface area (Å²) in [7, 11) is 0. The summed E-state index contributed by atoms with van der Waals surface area (Å²) in [6.07, 6.45) is 1.80. The number of benzene rings is 3. The molecule has 10 heteroatoms. The lowest BCUT2D eigenvalue weighted by Crippen LogP contribution is -2.39. The highest BCUT2D eigenvalue weighted by Crippen LogP contribution is 2.38. The van der Waals surface area contributed by atoms with E-state index >= 15 is 0 Å². The molecule has 0 amide bonds. The van der Waals surface area contributed by atoms with Crippen molar-refractivity contribution in [3.63, 3.8) is 0 Å². The summed E-state index contributed by atoms with van der Waals surface area (Å²) >= 11 is 7.52. The number of carbonyl (C=O) groups excluding carboxylic acids is 1. The zero-order chi connectivity index (χ0) is 28.5. The number of hydrogen-bond acceptors (Lipinski definition) is 8. The summed E-state index contributed by atoms with van der Waals surface area (Å²) in [5.41, 5.74) is 2.88. The van der Waals surface area contributed by atoms with Gasteiger partial charge in [0.05, 0.1) is 28.5 Å². The molecule has 0 saturated heterocycles. The van der Waals surface area contributed by atoms with Gasteiger partial charge in [0.2, 0.25) is 6.79 Å². The van der Waals surface area contributed by atoms with Gasteiger partial charge < -0.3 is 18.9 Å². The highest BCUT2D eigenvalue weighted by molar-refractivity contribution is 7.07. The Morgan fingerprint density at radius 1 is 1.12 bits per heavy atom. The SMILES string of the molecule is CCOC(=O)C1=C(C)N=c2sc(=Cc3cccc(OCc4ccccc4Cl)c3)c(=O)n2C1c1ccc2c(c1)OCO2. The van der Waals surface area contributed by atoms with Crippen LogP contribution in [-0.2, 0) is 16.1 Å². The number of halogens is 1. The second-order valence-electron chi connectivity index (χ2n) is 9.37. The standard InChI is InChI=1S/C31H25ClN2O6S/c1-3-37-30(36)27-18(2)33-31-34(28(27)20-11-12-24-25(15-20)40-17-39-24)29(35)26(41-31)14-19-7-6-9-22(13-19)38-16-21-8-4-5-10-23(21)32/h4-15,28H,3,16-17H2,1-2H3. The van der Waals surface area contributed by atoms with Crippen molar-refractivity contribution in [2.45, 2.75) is 26.5 Å². The first-order valence-electron chi connectivity index (χ1n) is 13.0. The molecule has 1 unspecified atom stereocenters. The van der Waals surface area contributed by atoms with Crippen molar-refractivity contribution in [3.05, 3.63) is 119 Å². The van der Waals surface area contributed by atoms with Gasteiger partial charge in [-0.1, -0.05) is 59.3 Å². The Morgan fingerprint density at radius 3 is 2.78 bits per heavy atom. The van der Waals surface area contributed by atoms with Gasteiger partial charge in [0, 0.05) is 10.6 Å². The van der Waals surface area contributed by atoms with Crippen LogP contribution in [0, 0.1) is 0 Å². The van der Waals surface area contributed by atoms with Crippen molar-refractivity contribution in [1.29, 1.82) is 0 Å². The lowest BCUT2D eigenvalue weighted by Gasteiger charge is -2.24. The Hall–Kier alpha value is -4.34. The third-order valence-electron chi connectivity index (χ3n) is 6.74. The molecule has 8 nitrogen and oxygen atoms in total. The van der Waals surface area contributed by atoms with Gasteiger partial charge in [-0.3, -0.25) is 9.36 Å². The molecule has 0 saturated carbocycles. The quantitative estimate of drug-likeness (QED) is 0.289. The average molecular weight is 589 g/mol. The predicted molar refractivity (Wildman–Crippen MR) is 155 cm³/mol. The van der Waals surface area contributed by atoms with Crippen LogP contribution in [-0.4, -0.2) is 23.9 Å². The topological polar surface area (TPSA) is 88.4 Å². The largest absolute Gasteiger partial charge is 0.489 e. The molecule has 3 aromatic carbocycles. The van der Waals surface area contributed by atoms with Crippen molar-refractivity contribution in [2.75, 3.05) is 13.4 Å². The van der Waals surface area contributed by atoms with E-state index < -0.39 is 12.0 Å². The van der Waals surface area contributed by atoms with Crippen LogP contribution in [0.3, 0.4) is 0 Å². The average Bonchev–Trinajstić information content (AvgIpc) is 3.55. The molecule has 0 radical (unpaired) electrons. The molecule has 3 heterocycles. The first-order valence-corrected chi connectivity index (χ1v) is 14.2. The van der Waals surface area contributed by atoms with E-state index in [0.29, 0.717) is 55.0 Å². The monoisotopic (exact) mass is 588 g/mol. The molecule has 1 aromatic heterocycles. The fraction of sp³-hybridized carbons (Fsp3) is 0.194. The number of thiazole rings is 1. The number of nitrogens with zero attached hydrogens (tertiary/aromatic N) is 2. The van der Waals surface area contributed by atoms with Crippen LogP contribution < -0.4 is 29.1 Å². The third-order valence-corrected chi connectivity index (χ3v) is 8.09. The summed E-state index contributed by atoms with van der Waals surface area (Å²) in [5.74, 6) is 1.28. The Morgan fingerprint density at radius 2 is 1.95 bits per heavy atom. The number of esters is 1. The van der Waals surface area contributed by atoms with Gasteiger partial charge in [-0.05, 0) is 61.4 Å². The summed E-state index contributed by atoms with van der Waals surface area (Å²) in [4.78, 5) is 32.2. The number of allylic oxidation sites excluding steroid dienone is 1. The maximum atomic E-state index is 13.9. The number of aromatic nitrogens is 1. The highest BCUT2D eigenvalue weighted by Gasteiger charge is 2.34. The van der Waals surface area contributed by atoms with Crippen LogP contribution in [0.5, 0.6) is 17.2 Å². The van der Waals surface area contributed by atoms with E-state index in [-0.39, 0.29) is 19.0 Å². The Bertz CT molecular complexity index is 1880. The van der Waals surface area contributed by atoms with E-state index in [9.17, 15) is 9.59 Å². The lowest BCUT2D eigenvalue weighted by molar-refractivity contribution is -0.139. The number of fused-ring (bicyclic) bond motifs is 2. The summed E-state index contributed by atoms with van der Waals surface area (Å²) in [6.45, 7) is 4.12. The summed E-state index contributed by atoms with van der Waals surface area (Å²) in [6, 6.07) is 19.6. The Kier molecular flexibility index (Phi) is 7.38. The number of rotatable bonds is 7. The smallest absolute Gasteiger partial charge is 0.338 e. The van der Waals surface area contributed by atoms with Crippen LogP contribution in [0.4, 0.5) is 0 Å². The van der Waals surface area contributed by atoms with Crippen LogP contribution >= 0.6 is 22.9 Å². The van der Waals surface area contributed by atoms with Gasteiger partial charge in [-0.2, -0.15) is 0 Å². The molecule has 2 aliphatic rings. The molecule has 1 atom stereocenters. The maximum Gasteiger partial charge on any atom is 0.338 e. The normalized spacial score (nSPS) is 15.9. The van der Waals surface area contributed by atoms with E-state index in [4.69, 9.17) is 30.5 Å². The Balaban J connectivity index is 1.40. The zero-order valence-electron chi connectivity index (χ0n) is 22.3. The third kappa shape index (κ3) is 5.26. The second-order valence-corrected chi connectivity index (χ2v) is 10.8. The van der Waals surface area contributed by atoms with Crippen molar-refractivity contribution in [2.24, 2.45) is 4.99 Å². The molecule has 41 heavy (non-hydrogen) atoms. The Labute approximate surface area is 244 Å². The van der Waals surface area contributed by atoms with Gasteiger partial charge in [0.15, 0.2) is 16.3 Å². The lowest BCUT2D eigenvalue weighted by atomic mass is 9.95. The minimum absolute atomic E-state index is 0.113. The van der Waals surface area contributed by atoms with Gasteiger partial charge in [0.25, 0.3) is 5.56 Å².